The molecule has 0 spiro atoms. The molecule has 6 heteroatoms. The minimum absolute atomic E-state index is 0.0604. The largest absolute Gasteiger partial charge is 0.315 e. The summed E-state index contributed by atoms with van der Waals surface area (Å²) in [5.74, 6) is 0. The van der Waals surface area contributed by atoms with Crippen LogP contribution in [0.15, 0.2) is 29.4 Å². The molecule has 2 rings (SSSR count). The maximum atomic E-state index is 12.4. The zero-order valence-electron chi connectivity index (χ0n) is 9.83. The zero-order chi connectivity index (χ0) is 12.3. The van der Waals surface area contributed by atoms with E-state index < -0.39 is 10.0 Å². The minimum Gasteiger partial charge on any atom is -0.315 e. The van der Waals surface area contributed by atoms with Crippen LogP contribution >= 0.6 is 0 Å². The number of aromatic nitrogens is 1. The molecule has 5 nitrogen and oxygen atoms in total. The Morgan fingerprint density at radius 3 is 2.94 bits per heavy atom. The van der Waals surface area contributed by atoms with Gasteiger partial charge in [-0.15, -0.1) is 0 Å². The lowest BCUT2D eigenvalue weighted by Crippen LogP contribution is -2.41. The normalized spacial score (nSPS) is 20.9. The van der Waals surface area contributed by atoms with Gasteiger partial charge in [0.1, 0.15) is 4.90 Å². The van der Waals surface area contributed by atoms with Gasteiger partial charge in [0.05, 0.1) is 0 Å². The highest BCUT2D eigenvalue weighted by molar-refractivity contribution is 7.89. The quantitative estimate of drug-likeness (QED) is 0.848. The molecule has 0 aromatic carbocycles. The molecule has 1 atom stereocenters. The van der Waals surface area contributed by atoms with Crippen LogP contribution in [0.5, 0.6) is 0 Å². The monoisotopic (exact) mass is 255 g/mol. The van der Waals surface area contributed by atoms with Crippen molar-refractivity contribution in [1.82, 2.24) is 14.6 Å². The van der Waals surface area contributed by atoms with E-state index in [-0.39, 0.29) is 10.9 Å². The molecule has 1 N–H and O–H groups in total. The van der Waals surface area contributed by atoms with Crippen LogP contribution < -0.4 is 5.32 Å². The van der Waals surface area contributed by atoms with Gasteiger partial charge in [-0.25, -0.2) is 8.42 Å². The first-order valence-electron chi connectivity index (χ1n) is 5.79. The second-order valence-electron chi connectivity index (χ2n) is 4.04. The minimum atomic E-state index is -3.40. The van der Waals surface area contributed by atoms with E-state index in [2.05, 4.69) is 10.3 Å². The molecule has 1 aliphatic heterocycles. The van der Waals surface area contributed by atoms with Gasteiger partial charge in [0.25, 0.3) is 0 Å². The van der Waals surface area contributed by atoms with E-state index >= 15 is 0 Å². The number of pyridine rings is 1. The highest BCUT2D eigenvalue weighted by atomic mass is 32.2. The Morgan fingerprint density at radius 1 is 1.59 bits per heavy atom. The van der Waals surface area contributed by atoms with E-state index in [1.54, 1.807) is 22.6 Å². The summed E-state index contributed by atoms with van der Waals surface area (Å²) in [6.07, 6.45) is 3.85. The van der Waals surface area contributed by atoms with Gasteiger partial charge in [-0.3, -0.25) is 4.98 Å². The molecule has 1 unspecified atom stereocenters. The van der Waals surface area contributed by atoms with E-state index in [1.165, 1.54) is 6.20 Å². The van der Waals surface area contributed by atoms with Crippen LogP contribution in [-0.4, -0.2) is 43.4 Å². The summed E-state index contributed by atoms with van der Waals surface area (Å²) in [7, 11) is -3.40. The highest BCUT2D eigenvalue weighted by Crippen LogP contribution is 2.19. The van der Waals surface area contributed by atoms with Gasteiger partial charge >= 0.3 is 0 Å². The molecule has 1 aliphatic rings. The number of likely N-dealkylation sites (N-methyl/N-ethyl adjacent to an activating group) is 1. The molecule has 94 valence electrons. The molecule has 2 heterocycles. The van der Waals surface area contributed by atoms with Crippen molar-refractivity contribution < 1.29 is 8.42 Å². The standard InChI is InChI=1S/C11H17N3O2S/c1-2-14(10-5-7-13-8-10)17(15,16)11-4-3-6-12-9-11/h3-4,6,9-10,13H,2,5,7-8H2,1H3. The molecule has 0 bridgehead atoms. The second-order valence-corrected chi connectivity index (χ2v) is 5.93. The Labute approximate surface area is 102 Å². The van der Waals surface area contributed by atoms with Gasteiger partial charge in [-0.05, 0) is 25.1 Å². The lowest BCUT2D eigenvalue weighted by atomic mass is 10.3. The molecule has 1 aromatic heterocycles. The van der Waals surface area contributed by atoms with E-state index in [0.717, 1.165) is 19.5 Å². The first kappa shape index (κ1) is 12.5. The Balaban J connectivity index is 2.29. The summed E-state index contributed by atoms with van der Waals surface area (Å²) in [5, 5.41) is 3.19. The van der Waals surface area contributed by atoms with Crippen molar-refractivity contribution in [3.05, 3.63) is 24.5 Å². The molecule has 0 radical (unpaired) electrons. The third-order valence-corrected chi connectivity index (χ3v) is 5.01. The molecule has 17 heavy (non-hydrogen) atoms. The van der Waals surface area contributed by atoms with Gasteiger partial charge < -0.3 is 5.32 Å². The SMILES string of the molecule is CCN(C1CCNC1)S(=O)(=O)c1cccnc1. The zero-order valence-corrected chi connectivity index (χ0v) is 10.7. The molecule has 0 saturated carbocycles. The third kappa shape index (κ3) is 2.48. The lowest BCUT2D eigenvalue weighted by Gasteiger charge is -2.26. The molecule has 0 aliphatic carbocycles. The van der Waals surface area contributed by atoms with Crippen molar-refractivity contribution in [1.29, 1.82) is 0 Å². The van der Waals surface area contributed by atoms with Crippen molar-refractivity contribution in [3.8, 4) is 0 Å². The van der Waals surface area contributed by atoms with Crippen LogP contribution in [0.4, 0.5) is 0 Å². The summed E-state index contributed by atoms with van der Waals surface area (Å²) in [6.45, 7) is 3.97. The second kappa shape index (κ2) is 5.12. The van der Waals surface area contributed by atoms with Crippen LogP contribution in [0.3, 0.4) is 0 Å². The predicted octanol–water partition coefficient (Wildman–Crippen LogP) is 0.454. The van der Waals surface area contributed by atoms with Crippen molar-refractivity contribution >= 4 is 10.0 Å². The van der Waals surface area contributed by atoms with Crippen LogP contribution in [0.1, 0.15) is 13.3 Å². The summed E-state index contributed by atoms with van der Waals surface area (Å²) in [5.41, 5.74) is 0. The number of hydrogen-bond donors (Lipinski definition) is 1. The van der Waals surface area contributed by atoms with E-state index in [9.17, 15) is 8.42 Å². The van der Waals surface area contributed by atoms with Gasteiger partial charge in [-0.1, -0.05) is 6.92 Å². The molecule has 1 saturated heterocycles. The highest BCUT2D eigenvalue weighted by Gasteiger charge is 2.31. The average molecular weight is 255 g/mol. The predicted molar refractivity (Wildman–Crippen MR) is 65.1 cm³/mol. The van der Waals surface area contributed by atoms with Gasteiger partial charge in [-0.2, -0.15) is 4.31 Å². The van der Waals surface area contributed by atoms with Crippen molar-refractivity contribution in [2.75, 3.05) is 19.6 Å². The van der Waals surface area contributed by atoms with Crippen LogP contribution in [0.2, 0.25) is 0 Å². The number of nitrogens with one attached hydrogen (secondary N) is 1. The summed E-state index contributed by atoms with van der Waals surface area (Å²) >= 11 is 0. The van der Waals surface area contributed by atoms with E-state index in [4.69, 9.17) is 0 Å². The summed E-state index contributed by atoms with van der Waals surface area (Å²) in [6, 6.07) is 3.30. The number of nitrogens with zero attached hydrogens (tertiary/aromatic N) is 2. The third-order valence-electron chi connectivity index (χ3n) is 2.99. The van der Waals surface area contributed by atoms with Crippen molar-refractivity contribution in [2.24, 2.45) is 0 Å². The first-order chi connectivity index (χ1) is 8.16. The lowest BCUT2D eigenvalue weighted by molar-refractivity contribution is 0.348. The van der Waals surface area contributed by atoms with Crippen molar-refractivity contribution in [2.45, 2.75) is 24.3 Å². The number of hydrogen-bond acceptors (Lipinski definition) is 4. The number of rotatable bonds is 4. The molecular weight excluding hydrogens is 238 g/mol. The Bertz CT molecular complexity index is 455. The summed E-state index contributed by atoms with van der Waals surface area (Å²) in [4.78, 5) is 4.14. The van der Waals surface area contributed by atoms with Crippen LogP contribution in [0, 0.1) is 0 Å². The van der Waals surface area contributed by atoms with Gasteiger partial charge in [0.15, 0.2) is 0 Å². The molecule has 0 amide bonds. The fourth-order valence-corrected chi connectivity index (χ4v) is 3.77. The Kier molecular flexibility index (Phi) is 3.76. The Hall–Kier alpha value is -0.980. The van der Waals surface area contributed by atoms with Crippen molar-refractivity contribution in [3.63, 3.8) is 0 Å². The maximum absolute atomic E-state index is 12.4. The van der Waals surface area contributed by atoms with E-state index in [0.29, 0.717) is 6.54 Å². The van der Waals surface area contributed by atoms with Crippen LogP contribution in [0.25, 0.3) is 0 Å². The van der Waals surface area contributed by atoms with Crippen LogP contribution in [-0.2, 0) is 10.0 Å². The van der Waals surface area contributed by atoms with Gasteiger partial charge in [0.2, 0.25) is 10.0 Å². The van der Waals surface area contributed by atoms with E-state index in [1.807, 2.05) is 6.92 Å². The fraction of sp³-hybridized carbons (Fsp3) is 0.545. The molecule has 1 aromatic rings. The average Bonchev–Trinajstić information content (AvgIpc) is 2.84. The topological polar surface area (TPSA) is 62.3 Å². The smallest absolute Gasteiger partial charge is 0.244 e. The molecule has 1 fully saturated rings. The number of sulfonamides is 1. The first-order valence-corrected chi connectivity index (χ1v) is 7.23. The maximum Gasteiger partial charge on any atom is 0.244 e. The fourth-order valence-electron chi connectivity index (χ4n) is 2.14. The Morgan fingerprint density at radius 2 is 2.41 bits per heavy atom. The van der Waals surface area contributed by atoms with Gasteiger partial charge in [0, 0.05) is 31.5 Å². The molecular formula is C11H17N3O2S. The summed E-state index contributed by atoms with van der Waals surface area (Å²) < 4.78 is 26.4.